The Kier molecular flexibility index (Phi) is 24.5. The second kappa shape index (κ2) is 17.8. The summed E-state index contributed by atoms with van der Waals surface area (Å²) in [5.74, 6) is 0. The van der Waals surface area contributed by atoms with Gasteiger partial charge in [-0.15, -0.1) is 18.1 Å². The van der Waals surface area contributed by atoms with Crippen LogP contribution in [0, 0.1) is 0 Å². The van der Waals surface area contributed by atoms with Gasteiger partial charge in [0.1, 0.15) is 0 Å². The fraction of sp³-hybridized carbons (Fsp3) is 0.643. The molecule has 22 heavy (non-hydrogen) atoms. The molecule has 0 spiro atoms. The van der Waals surface area contributed by atoms with Crippen LogP contribution >= 0.6 is 0 Å². The first-order valence-corrected chi connectivity index (χ1v) is 10.2. The van der Waals surface area contributed by atoms with Crippen LogP contribution in [0.1, 0.15) is 41.5 Å². The summed E-state index contributed by atoms with van der Waals surface area (Å²) in [5.41, 5.74) is 19.8. The van der Waals surface area contributed by atoms with E-state index in [1.165, 1.54) is 12.1 Å². The largest absolute Gasteiger partial charge is 4.00 e. The van der Waals surface area contributed by atoms with Gasteiger partial charge in [-0.05, 0) is 0 Å². The van der Waals surface area contributed by atoms with Crippen LogP contribution in [0.2, 0.25) is 0 Å². The molecule has 0 fully saturated rings. The minimum atomic E-state index is -5.94. The molecule has 0 aromatic heterocycles. The second-order valence-electron chi connectivity index (χ2n) is 5.14. The molecule has 0 unspecified atom stereocenters. The van der Waals surface area contributed by atoms with Gasteiger partial charge in [0.05, 0.1) is 0 Å². The third-order valence-corrected chi connectivity index (χ3v) is 3.06. The number of hydrogen-bond acceptors (Lipinski definition) is 0. The van der Waals surface area contributed by atoms with E-state index in [-0.39, 0.29) is 44.0 Å². The van der Waals surface area contributed by atoms with Crippen molar-refractivity contribution >= 4 is 19.1 Å². The molecular formula is C14H28F3GeHfN3. The fourth-order valence-corrected chi connectivity index (χ4v) is 1.76. The van der Waals surface area contributed by atoms with Crippen molar-refractivity contribution in [3.05, 3.63) is 41.5 Å². The average molecular weight is 546 g/mol. The molecule has 128 valence electrons. The molecular weight excluding hydrogens is 518 g/mol. The summed E-state index contributed by atoms with van der Waals surface area (Å²) < 4.78 is 35.0. The zero-order chi connectivity index (χ0) is 17.6. The SMILES string of the molecule is CC(C)[NH-].CC(C)[NH-].CC(C)[NH-].[F][Ge]([F])([F])[c-]1cccc1.[Hf+4]. The van der Waals surface area contributed by atoms with Gasteiger partial charge in [0.15, 0.2) is 0 Å². The first-order chi connectivity index (χ1) is 9.30. The van der Waals surface area contributed by atoms with Crippen molar-refractivity contribution in [2.45, 2.75) is 59.7 Å². The summed E-state index contributed by atoms with van der Waals surface area (Å²) in [5, 5.41) is 0. The van der Waals surface area contributed by atoms with Crippen LogP contribution in [0.3, 0.4) is 0 Å². The van der Waals surface area contributed by atoms with Crippen molar-refractivity contribution in [1.82, 2.24) is 0 Å². The maximum Gasteiger partial charge on any atom is 4.00 e. The van der Waals surface area contributed by atoms with Crippen molar-refractivity contribution in [1.29, 1.82) is 0 Å². The van der Waals surface area contributed by atoms with Crippen LogP contribution in [-0.4, -0.2) is 32.8 Å². The maximum absolute atomic E-state index is 11.8. The van der Waals surface area contributed by atoms with Crippen LogP contribution in [0.25, 0.3) is 17.2 Å². The fourth-order valence-electron chi connectivity index (χ4n) is 0.563. The van der Waals surface area contributed by atoms with Gasteiger partial charge in [-0.2, -0.15) is 0 Å². The quantitative estimate of drug-likeness (QED) is 0.316. The molecule has 3 N–H and O–H groups in total. The van der Waals surface area contributed by atoms with Crippen molar-refractivity contribution in [3.63, 3.8) is 0 Å². The molecule has 1 aromatic rings. The maximum atomic E-state index is 11.8. The van der Waals surface area contributed by atoms with Gasteiger partial charge in [-0.25, -0.2) is 0 Å². The van der Waals surface area contributed by atoms with E-state index in [1.807, 2.05) is 41.5 Å². The molecule has 0 aliphatic heterocycles. The van der Waals surface area contributed by atoms with E-state index < -0.39 is 19.1 Å². The first-order valence-electron chi connectivity index (χ1n) is 6.72. The minimum absolute atomic E-state index is 0. The Labute approximate surface area is 156 Å². The van der Waals surface area contributed by atoms with Crippen molar-refractivity contribution in [3.8, 4) is 0 Å². The van der Waals surface area contributed by atoms with Crippen molar-refractivity contribution in [2.75, 3.05) is 0 Å². The summed E-state index contributed by atoms with van der Waals surface area (Å²) in [4.78, 5) is 0. The van der Waals surface area contributed by atoms with Gasteiger partial charge in [-0.3, -0.25) is 0 Å². The van der Waals surface area contributed by atoms with Gasteiger partial charge in [0.25, 0.3) is 0 Å². The first kappa shape index (κ1) is 30.3. The van der Waals surface area contributed by atoms with Crippen LogP contribution in [0.15, 0.2) is 24.3 Å². The normalized spacial score (nSPS) is 9.77. The van der Waals surface area contributed by atoms with Crippen molar-refractivity contribution in [2.24, 2.45) is 0 Å². The van der Waals surface area contributed by atoms with Crippen LogP contribution in [-0.2, 0) is 25.8 Å². The van der Waals surface area contributed by atoms with E-state index in [0.29, 0.717) is 0 Å². The van der Waals surface area contributed by atoms with Gasteiger partial charge in [0.2, 0.25) is 0 Å². The molecule has 0 aliphatic carbocycles. The third kappa shape index (κ3) is 42.8. The molecule has 0 saturated heterocycles. The summed E-state index contributed by atoms with van der Waals surface area (Å²) in [6, 6.07) is 5.32. The van der Waals surface area contributed by atoms with E-state index in [9.17, 15) is 10.5 Å². The minimum Gasteiger partial charge on any atom is 4.00 e. The Bertz CT molecular complexity index is 280. The Morgan fingerprint density at radius 3 is 1.00 bits per heavy atom. The molecule has 0 aliphatic rings. The Morgan fingerprint density at radius 2 is 0.909 bits per heavy atom. The van der Waals surface area contributed by atoms with E-state index in [0.717, 1.165) is 12.1 Å². The summed E-state index contributed by atoms with van der Waals surface area (Å²) >= 11 is -5.94. The van der Waals surface area contributed by atoms with Gasteiger partial charge < -0.3 is 17.2 Å². The third-order valence-electron chi connectivity index (χ3n) is 0.990. The van der Waals surface area contributed by atoms with Gasteiger partial charge in [0, 0.05) is 0 Å². The van der Waals surface area contributed by atoms with Gasteiger partial charge >= 0.3 is 79.7 Å². The molecule has 0 amide bonds. The molecule has 8 heteroatoms. The average Bonchev–Trinajstić information content (AvgIpc) is 2.64. The molecule has 1 aromatic carbocycles. The summed E-state index contributed by atoms with van der Waals surface area (Å²) in [7, 11) is 0. The smallest absolute Gasteiger partial charge is 4.00 e. The van der Waals surface area contributed by atoms with E-state index >= 15 is 0 Å². The molecule has 0 radical (unpaired) electrons. The monoisotopic (exact) mass is 549 g/mol. The zero-order valence-electron chi connectivity index (χ0n) is 14.2. The summed E-state index contributed by atoms with van der Waals surface area (Å²) in [6.07, 6.45) is 0. The molecule has 0 atom stereocenters. The second-order valence-corrected chi connectivity index (χ2v) is 8.44. The number of hydrogen-bond donors (Lipinski definition) is 0. The zero-order valence-corrected chi connectivity index (χ0v) is 19.9. The topological polar surface area (TPSA) is 71.4 Å². The molecule has 1 rings (SSSR count). The Balaban J connectivity index is -0.000000107. The molecule has 0 heterocycles. The van der Waals surface area contributed by atoms with E-state index in [2.05, 4.69) is 0 Å². The Morgan fingerprint density at radius 1 is 0.727 bits per heavy atom. The van der Waals surface area contributed by atoms with Crippen LogP contribution in [0.4, 0.5) is 10.5 Å². The van der Waals surface area contributed by atoms with E-state index in [1.54, 1.807) is 0 Å². The van der Waals surface area contributed by atoms with Crippen molar-refractivity contribution < 1.29 is 36.3 Å². The molecule has 0 bridgehead atoms. The predicted octanol–water partition coefficient (Wildman–Crippen LogP) is 5.80. The van der Waals surface area contributed by atoms with Crippen LogP contribution in [0.5, 0.6) is 0 Å². The number of rotatable bonds is 1. The predicted molar refractivity (Wildman–Crippen MR) is 89.1 cm³/mol. The molecule has 0 saturated carbocycles. The van der Waals surface area contributed by atoms with E-state index in [4.69, 9.17) is 17.2 Å². The standard InChI is InChI=1S/C5H4F3Ge.3C3H8N.Hf/c6-9(7,8)5-3-1-2-4-5;3*1-3(2)4;/h1-4H;3*3-4H,1-2H3;/q4*-1;+4. The summed E-state index contributed by atoms with van der Waals surface area (Å²) in [6.45, 7) is 11.0. The molecule has 3 nitrogen and oxygen atoms in total. The number of halogens is 3. The van der Waals surface area contributed by atoms with Crippen LogP contribution < -0.4 is 4.40 Å². The van der Waals surface area contributed by atoms with Gasteiger partial charge in [-0.1, -0.05) is 41.5 Å². The number of nitrogens with one attached hydrogen (secondary N) is 3. The Hall–Kier alpha value is 0.433.